The number of hydrogen-bond acceptors (Lipinski definition) is 2. The highest BCUT2D eigenvalue weighted by molar-refractivity contribution is 9.10. The Kier molecular flexibility index (Phi) is 3.98. The van der Waals surface area contributed by atoms with Gasteiger partial charge in [0.2, 0.25) is 0 Å². The van der Waals surface area contributed by atoms with Crippen LogP contribution >= 0.6 is 27.5 Å². The van der Waals surface area contributed by atoms with Crippen LogP contribution in [0.2, 0.25) is 5.02 Å². The number of carboxylic acid groups (broad SMARTS) is 1. The molecule has 3 nitrogen and oxygen atoms in total. The smallest absolute Gasteiger partial charge is 0.309 e. The van der Waals surface area contributed by atoms with Gasteiger partial charge in [0.1, 0.15) is 0 Å². The molecule has 0 aliphatic heterocycles. The molecule has 1 aromatic rings. The summed E-state index contributed by atoms with van der Waals surface area (Å²) in [6.45, 7) is 0. The van der Waals surface area contributed by atoms with E-state index in [1.807, 2.05) is 0 Å². The van der Waals surface area contributed by atoms with E-state index in [1.54, 1.807) is 0 Å². The molecular weight excluding hydrogens is 295 g/mol. The van der Waals surface area contributed by atoms with E-state index in [9.17, 15) is 13.6 Å². The number of hydrogen-bond donors (Lipinski definition) is 1. The van der Waals surface area contributed by atoms with Crippen LogP contribution in [-0.4, -0.2) is 16.1 Å². The average molecular weight is 300 g/mol. The minimum atomic E-state index is -2.78. The molecule has 15 heavy (non-hydrogen) atoms. The van der Waals surface area contributed by atoms with E-state index in [0.29, 0.717) is 0 Å². The lowest BCUT2D eigenvalue weighted by molar-refractivity contribution is -0.136. The molecule has 0 atom stereocenters. The average Bonchev–Trinajstić information content (AvgIpc) is 2.09. The fourth-order valence-electron chi connectivity index (χ4n) is 0.988. The Morgan fingerprint density at radius 1 is 1.67 bits per heavy atom. The molecule has 0 aliphatic rings. The molecular formula is C8H5BrClF2NO2. The Bertz CT molecular complexity index is 400. The molecule has 1 N–H and O–H groups in total. The first-order valence-corrected chi connectivity index (χ1v) is 4.93. The summed E-state index contributed by atoms with van der Waals surface area (Å²) in [5.74, 6) is -1.17. The van der Waals surface area contributed by atoms with Crippen LogP contribution in [0.15, 0.2) is 10.7 Å². The van der Waals surface area contributed by atoms with Crippen LogP contribution in [0.5, 0.6) is 0 Å². The lowest BCUT2D eigenvalue weighted by Crippen LogP contribution is -2.05. The van der Waals surface area contributed by atoms with Gasteiger partial charge in [0.15, 0.2) is 0 Å². The van der Waals surface area contributed by atoms with Gasteiger partial charge in [-0.1, -0.05) is 11.6 Å². The van der Waals surface area contributed by atoms with Gasteiger partial charge in [0.25, 0.3) is 6.43 Å². The number of carbonyl (C=O) groups is 1. The second-order valence-corrected chi connectivity index (χ2v) is 3.88. The maximum Gasteiger partial charge on any atom is 0.309 e. The molecule has 0 saturated carbocycles. The molecule has 0 spiro atoms. The SMILES string of the molecule is O=C(O)Cc1ncc(Br)c(C(F)F)c1Cl. The van der Waals surface area contributed by atoms with Crippen LogP contribution in [0.25, 0.3) is 0 Å². The van der Waals surface area contributed by atoms with E-state index in [0.717, 1.165) is 6.20 Å². The van der Waals surface area contributed by atoms with E-state index >= 15 is 0 Å². The Morgan fingerprint density at radius 2 is 2.27 bits per heavy atom. The third kappa shape index (κ3) is 2.85. The van der Waals surface area contributed by atoms with Crippen molar-refractivity contribution in [3.63, 3.8) is 0 Å². The van der Waals surface area contributed by atoms with Gasteiger partial charge in [-0.2, -0.15) is 0 Å². The molecule has 0 radical (unpaired) electrons. The maximum atomic E-state index is 12.5. The molecule has 0 fully saturated rings. The molecule has 0 amide bonds. The first-order chi connectivity index (χ1) is 6.93. The molecule has 7 heteroatoms. The number of nitrogens with zero attached hydrogens (tertiary/aromatic N) is 1. The minimum Gasteiger partial charge on any atom is -0.481 e. The first-order valence-electron chi connectivity index (χ1n) is 3.76. The van der Waals surface area contributed by atoms with E-state index in [4.69, 9.17) is 16.7 Å². The van der Waals surface area contributed by atoms with Gasteiger partial charge in [0, 0.05) is 10.7 Å². The third-order valence-corrected chi connectivity index (χ3v) is 2.67. The molecule has 0 unspecified atom stereocenters. The Hall–Kier alpha value is -0.750. The summed E-state index contributed by atoms with van der Waals surface area (Å²) in [4.78, 5) is 14.1. The van der Waals surface area contributed by atoms with Crippen LogP contribution in [0.4, 0.5) is 8.78 Å². The predicted octanol–water partition coefficient (Wildman–Crippen LogP) is 3.06. The molecule has 0 bridgehead atoms. The Morgan fingerprint density at radius 3 is 2.73 bits per heavy atom. The van der Waals surface area contributed by atoms with E-state index in [1.165, 1.54) is 0 Å². The molecule has 1 rings (SSSR count). The van der Waals surface area contributed by atoms with Crippen molar-refractivity contribution < 1.29 is 18.7 Å². The standard InChI is InChI=1S/C8H5BrClF2NO2/c9-3-2-13-4(1-5(14)15)7(10)6(3)8(11)12/h2,8H,1H2,(H,14,15). The van der Waals surface area contributed by atoms with Gasteiger partial charge in [0.05, 0.1) is 22.7 Å². The highest BCUT2D eigenvalue weighted by atomic mass is 79.9. The van der Waals surface area contributed by atoms with Crippen molar-refractivity contribution in [3.8, 4) is 0 Å². The highest BCUT2D eigenvalue weighted by Crippen LogP contribution is 2.34. The highest BCUT2D eigenvalue weighted by Gasteiger charge is 2.20. The molecule has 0 aliphatic carbocycles. The van der Waals surface area contributed by atoms with E-state index in [2.05, 4.69) is 20.9 Å². The zero-order valence-electron chi connectivity index (χ0n) is 7.18. The number of alkyl halides is 2. The largest absolute Gasteiger partial charge is 0.481 e. The van der Waals surface area contributed by atoms with Crippen molar-refractivity contribution >= 4 is 33.5 Å². The number of aliphatic carboxylic acids is 1. The summed E-state index contributed by atoms with van der Waals surface area (Å²) in [5, 5.41) is 8.19. The van der Waals surface area contributed by atoms with Crippen LogP contribution in [-0.2, 0) is 11.2 Å². The number of aromatic nitrogens is 1. The quantitative estimate of drug-likeness (QED) is 0.933. The Balaban J connectivity index is 3.22. The van der Waals surface area contributed by atoms with Gasteiger partial charge in [-0.05, 0) is 15.9 Å². The minimum absolute atomic E-state index is 0.0663. The summed E-state index contributed by atoms with van der Waals surface area (Å²) in [5.41, 5.74) is -0.495. The molecule has 0 saturated heterocycles. The van der Waals surface area contributed by atoms with E-state index in [-0.39, 0.29) is 15.2 Å². The third-order valence-electron chi connectivity index (χ3n) is 1.62. The van der Waals surface area contributed by atoms with Gasteiger partial charge in [-0.15, -0.1) is 0 Å². The fourth-order valence-corrected chi connectivity index (χ4v) is 1.88. The van der Waals surface area contributed by atoms with Crippen molar-refractivity contribution in [1.82, 2.24) is 4.98 Å². The Labute approximate surface area is 97.2 Å². The van der Waals surface area contributed by atoms with Gasteiger partial charge in [-0.25, -0.2) is 8.78 Å². The van der Waals surface area contributed by atoms with Crippen molar-refractivity contribution in [2.75, 3.05) is 0 Å². The molecule has 82 valence electrons. The fraction of sp³-hybridized carbons (Fsp3) is 0.250. The summed E-state index contributed by atoms with van der Waals surface area (Å²) in [6, 6.07) is 0. The van der Waals surface area contributed by atoms with Crippen LogP contribution < -0.4 is 0 Å². The summed E-state index contributed by atoms with van der Waals surface area (Å²) in [7, 11) is 0. The number of pyridine rings is 1. The van der Waals surface area contributed by atoms with Crippen LogP contribution in [0.1, 0.15) is 17.7 Å². The van der Waals surface area contributed by atoms with Crippen molar-refractivity contribution in [2.24, 2.45) is 0 Å². The molecule has 1 heterocycles. The first kappa shape index (κ1) is 12.3. The second-order valence-electron chi connectivity index (χ2n) is 2.65. The van der Waals surface area contributed by atoms with Gasteiger partial charge >= 0.3 is 5.97 Å². The number of halogens is 4. The monoisotopic (exact) mass is 299 g/mol. The van der Waals surface area contributed by atoms with Gasteiger partial charge < -0.3 is 5.11 Å². The van der Waals surface area contributed by atoms with Crippen LogP contribution in [0.3, 0.4) is 0 Å². The number of carboxylic acids is 1. The van der Waals surface area contributed by atoms with Crippen molar-refractivity contribution in [3.05, 3.63) is 26.9 Å². The normalized spacial score (nSPS) is 10.7. The predicted molar refractivity (Wildman–Crippen MR) is 53.2 cm³/mol. The second kappa shape index (κ2) is 4.85. The topological polar surface area (TPSA) is 50.2 Å². The van der Waals surface area contributed by atoms with E-state index < -0.39 is 24.4 Å². The summed E-state index contributed by atoms with van der Waals surface area (Å²) < 4.78 is 25.1. The maximum absolute atomic E-state index is 12.5. The molecule has 0 aromatic carbocycles. The zero-order chi connectivity index (χ0) is 11.6. The van der Waals surface area contributed by atoms with Crippen LogP contribution in [0, 0.1) is 0 Å². The van der Waals surface area contributed by atoms with Gasteiger partial charge in [-0.3, -0.25) is 9.78 Å². The lowest BCUT2D eigenvalue weighted by atomic mass is 10.2. The summed E-state index contributed by atoms with van der Waals surface area (Å²) >= 11 is 8.49. The number of rotatable bonds is 3. The van der Waals surface area contributed by atoms with Crippen molar-refractivity contribution in [2.45, 2.75) is 12.8 Å². The molecule has 1 aromatic heterocycles. The zero-order valence-corrected chi connectivity index (χ0v) is 9.52. The van der Waals surface area contributed by atoms with Crippen molar-refractivity contribution in [1.29, 1.82) is 0 Å². The lowest BCUT2D eigenvalue weighted by Gasteiger charge is -2.08. The summed E-state index contributed by atoms with van der Waals surface area (Å²) in [6.07, 6.45) is -2.14.